The molecule has 2 rings (SSSR count). The van der Waals surface area contributed by atoms with E-state index in [2.05, 4.69) is 4.98 Å². The molecule has 0 radical (unpaired) electrons. The average Bonchev–Trinajstić information content (AvgIpc) is 2.62. The topological polar surface area (TPSA) is 110 Å². The molecular formula is C19H26N4O4. The Morgan fingerprint density at radius 1 is 1.30 bits per heavy atom. The Morgan fingerprint density at radius 2 is 1.93 bits per heavy atom. The zero-order valence-corrected chi connectivity index (χ0v) is 16.1. The van der Waals surface area contributed by atoms with Crippen LogP contribution in [0.4, 0.5) is 11.5 Å². The van der Waals surface area contributed by atoms with Crippen LogP contribution in [0.3, 0.4) is 0 Å². The molecule has 27 heavy (non-hydrogen) atoms. The average molecular weight is 374 g/mol. The number of nitrogens with one attached hydrogen (secondary N) is 1. The van der Waals surface area contributed by atoms with Crippen LogP contribution < -0.4 is 26.6 Å². The van der Waals surface area contributed by atoms with Crippen molar-refractivity contribution in [2.75, 3.05) is 17.7 Å². The van der Waals surface area contributed by atoms with E-state index in [0.717, 1.165) is 23.3 Å². The zero-order chi connectivity index (χ0) is 20.1. The minimum Gasteiger partial charge on any atom is -0.481 e. The standard InChI is InChI=1S/C19H26N4O4/c1-5-6-11-23-16(20)15(17(24)21-19(23)26)22(4)18(25)13(3)27-14-9-7-12(2)8-10-14/h7-10,13H,5-6,11,20H2,1-4H3,(H,21,24,26)/t13-/m0/s1. The molecule has 1 aromatic heterocycles. The largest absolute Gasteiger partial charge is 0.481 e. The number of aromatic nitrogens is 2. The van der Waals surface area contributed by atoms with Crippen molar-refractivity contribution in [3.05, 3.63) is 50.7 Å². The summed E-state index contributed by atoms with van der Waals surface area (Å²) >= 11 is 0. The van der Waals surface area contributed by atoms with Gasteiger partial charge in [0.1, 0.15) is 11.6 Å². The van der Waals surface area contributed by atoms with Gasteiger partial charge >= 0.3 is 5.69 Å². The molecule has 0 spiro atoms. The smallest absolute Gasteiger partial charge is 0.330 e. The van der Waals surface area contributed by atoms with Gasteiger partial charge in [-0.15, -0.1) is 0 Å². The maximum atomic E-state index is 12.7. The first-order chi connectivity index (χ1) is 12.8. The molecule has 3 N–H and O–H groups in total. The number of carbonyl (C=O) groups is 1. The minimum atomic E-state index is -0.840. The van der Waals surface area contributed by atoms with Gasteiger partial charge < -0.3 is 15.4 Å². The second-order valence-corrected chi connectivity index (χ2v) is 6.47. The third-order valence-electron chi connectivity index (χ3n) is 4.30. The summed E-state index contributed by atoms with van der Waals surface area (Å²) in [6.07, 6.45) is 0.740. The van der Waals surface area contributed by atoms with Gasteiger partial charge in [0, 0.05) is 13.6 Å². The van der Waals surface area contributed by atoms with Crippen molar-refractivity contribution in [3.63, 3.8) is 0 Å². The van der Waals surface area contributed by atoms with Crippen molar-refractivity contribution in [2.24, 2.45) is 0 Å². The predicted molar refractivity (Wildman–Crippen MR) is 105 cm³/mol. The Hall–Kier alpha value is -3.03. The number of likely N-dealkylation sites (N-methyl/N-ethyl adjacent to an activating group) is 1. The van der Waals surface area contributed by atoms with Gasteiger partial charge in [0.15, 0.2) is 11.8 Å². The Morgan fingerprint density at radius 3 is 2.52 bits per heavy atom. The number of benzene rings is 1. The van der Waals surface area contributed by atoms with E-state index in [0.29, 0.717) is 12.3 Å². The normalized spacial score (nSPS) is 11.9. The van der Waals surface area contributed by atoms with Gasteiger partial charge in [-0.2, -0.15) is 0 Å². The summed E-state index contributed by atoms with van der Waals surface area (Å²) in [4.78, 5) is 40.4. The number of amides is 1. The van der Waals surface area contributed by atoms with Crippen LogP contribution in [0, 0.1) is 6.92 Å². The fourth-order valence-corrected chi connectivity index (χ4v) is 2.69. The Bertz CT molecular complexity index is 915. The minimum absolute atomic E-state index is 0.0319. The highest BCUT2D eigenvalue weighted by atomic mass is 16.5. The summed E-state index contributed by atoms with van der Waals surface area (Å²) in [6.45, 7) is 5.89. The van der Waals surface area contributed by atoms with Crippen LogP contribution in [0.15, 0.2) is 33.9 Å². The summed E-state index contributed by atoms with van der Waals surface area (Å²) in [5.41, 5.74) is 5.77. The zero-order valence-electron chi connectivity index (χ0n) is 16.1. The van der Waals surface area contributed by atoms with Crippen molar-refractivity contribution in [1.82, 2.24) is 9.55 Å². The number of nitrogen functional groups attached to an aromatic ring is 1. The summed E-state index contributed by atoms with van der Waals surface area (Å²) < 4.78 is 6.93. The molecule has 146 valence electrons. The molecule has 1 atom stereocenters. The summed E-state index contributed by atoms with van der Waals surface area (Å²) in [5.74, 6) is 0.0636. The molecule has 1 heterocycles. The number of anilines is 2. The van der Waals surface area contributed by atoms with E-state index in [1.165, 1.54) is 11.6 Å². The molecule has 0 aliphatic rings. The van der Waals surface area contributed by atoms with Crippen molar-refractivity contribution in [2.45, 2.75) is 46.3 Å². The highest BCUT2D eigenvalue weighted by Crippen LogP contribution is 2.19. The maximum absolute atomic E-state index is 12.7. The molecule has 8 nitrogen and oxygen atoms in total. The van der Waals surface area contributed by atoms with E-state index in [1.807, 2.05) is 26.0 Å². The van der Waals surface area contributed by atoms with Crippen LogP contribution in [-0.4, -0.2) is 28.6 Å². The number of nitrogens with two attached hydrogens (primary N) is 1. The first kappa shape index (κ1) is 20.3. The number of carbonyl (C=O) groups excluding carboxylic acids is 1. The molecule has 8 heteroatoms. The lowest BCUT2D eigenvalue weighted by Crippen LogP contribution is -2.43. The summed E-state index contributed by atoms with van der Waals surface area (Å²) in [7, 11) is 1.44. The summed E-state index contributed by atoms with van der Waals surface area (Å²) in [5, 5.41) is 0. The van der Waals surface area contributed by atoms with Crippen molar-refractivity contribution >= 4 is 17.4 Å². The number of aromatic amines is 1. The molecule has 0 fully saturated rings. The lowest BCUT2D eigenvalue weighted by atomic mass is 10.2. The molecule has 2 aromatic rings. The van der Waals surface area contributed by atoms with Crippen LogP contribution in [0.2, 0.25) is 0 Å². The number of rotatable bonds is 7. The molecule has 0 saturated heterocycles. The van der Waals surface area contributed by atoms with Gasteiger partial charge in [0.25, 0.3) is 11.5 Å². The predicted octanol–water partition coefficient (Wildman–Crippen LogP) is 1.66. The molecule has 0 unspecified atom stereocenters. The van der Waals surface area contributed by atoms with E-state index in [4.69, 9.17) is 10.5 Å². The van der Waals surface area contributed by atoms with Gasteiger partial charge in [0.05, 0.1) is 0 Å². The quantitative estimate of drug-likeness (QED) is 0.766. The fraction of sp³-hybridized carbons (Fsp3) is 0.421. The second-order valence-electron chi connectivity index (χ2n) is 6.47. The first-order valence-corrected chi connectivity index (χ1v) is 8.89. The van der Waals surface area contributed by atoms with E-state index >= 15 is 0 Å². The molecular weight excluding hydrogens is 348 g/mol. The number of aryl methyl sites for hydroxylation is 1. The van der Waals surface area contributed by atoms with E-state index in [-0.39, 0.29) is 11.5 Å². The van der Waals surface area contributed by atoms with E-state index < -0.39 is 23.3 Å². The SMILES string of the molecule is CCCCn1c(N)c(N(C)C(=O)[C@H](C)Oc2ccc(C)cc2)c(=O)[nH]c1=O. The van der Waals surface area contributed by atoms with E-state index in [9.17, 15) is 14.4 Å². The number of hydrogen-bond acceptors (Lipinski definition) is 5. The molecule has 0 aliphatic carbocycles. The second kappa shape index (κ2) is 8.57. The molecule has 0 aliphatic heterocycles. The molecule has 0 bridgehead atoms. The Kier molecular flexibility index (Phi) is 6.44. The fourth-order valence-electron chi connectivity index (χ4n) is 2.69. The third kappa shape index (κ3) is 4.58. The third-order valence-corrected chi connectivity index (χ3v) is 4.30. The maximum Gasteiger partial charge on any atom is 0.330 e. The number of nitrogens with zero attached hydrogens (tertiary/aromatic N) is 2. The van der Waals surface area contributed by atoms with Gasteiger partial charge in [0.2, 0.25) is 0 Å². The van der Waals surface area contributed by atoms with Gasteiger partial charge in [-0.25, -0.2) is 4.79 Å². The van der Waals surface area contributed by atoms with Crippen LogP contribution in [0.1, 0.15) is 32.3 Å². The van der Waals surface area contributed by atoms with E-state index in [1.54, 1.807) is 19.1 Å². The lowest BCUT2D eigenvalue weighted by molar-refractivity contribution is -0.124. The molecule has 1 aromatic carbocycles. The van der Waals surface area contributed by atoms with Crippen molar-refractivity contribution in [1.29, 1.82) is 0 Å². The number of hydrogen-bond donors (Lipinski definition) is 2. The van der Waals surface area contributed by atoms with Gasteiger partial charge in [-0.05, 0) is 32.4 Å². The number of H-pyrrole nitrogens is 1. The number of unbranched alkanes of at least 4 members (excludes halogenated alkanes) is 1. The van der Waals surface area contributed by atoms with Crippen LogP contribution in [-0.2, 0) is 11.3 Å². The molecule has 1 amide bonds. The molecule has 0 saturated carbocycles. The lowest BCUT2D eigenvalue weighted by Gasteiger charge is -2.23. The van der Waals surface area contributed by atoms with Crippen LogP contribution in [0.5, 0.6) is 5.75 Å². The van der Waals surface area contributed by atoms with Gasteiger partial charge in [-0.1, -0.05) is 31.0 Å². The van der Waals surface area contributed by atoms with Crippen molar-refractivity contribution < 1.29 is 9.53 Å². The van der Waals surface area contributed by atoms with Crippen LogP contribution >= 0.6 is 0 Å². The van der Waals surface area contributed by atoms with Crippen LogP contribution in [0.25, 0.3) is 0 Å². The highest BCUT2D eigenvalue weighted by molar-refractivity contribution is 5.97. The number of ether oxygens (including phenoxy) is 1. The monoisotopic (exact) mass is 374 g/mol. The Balaban J connectivity index is 2.28. The first-order valence-electron chi connectivity index (χ1n) is 8.89. The Labute approximate surface area is 157 Å². The summed E-state index contributed by atoms with van der Waals surface area (Å²) in [6, 6.07) is 7.29. The highest BCUT2D eigenvalue weighted by Gasteiger charge is 2.25. The van der Waals surface area contributed by atoms with Crippen molar-refractivity contribution in [3.8, 4) is 5.75 Å². The van der Waals surface area contributed by atoms with Gasteiger partial charge in [-0.3, -0.25) is 19.1 Å².